The first-order valence-electron chi connectivity index (χ1n) is 14.3. The Hall–Kier alpha value is -3.51. The first-order chi connectivity index (χ1) is 19.2. The molecule has 12 nitrogen and oxygen atoms in total. The number of imidazole rings is 1. The molecule has 3 aromatic rings. The lowest BCUT2D eigenvalue weighted by molar-refractivity contribution is 0.231. The van der Waals surface area contributed by atoms with Gasteiger partial charge in [-0.1, -0.05) is 25.7 Å². The minimum absolute atomic E-state index is 0.436. The van der Waals surface area contributed by atoms with Gasteiger partial charge in [0.25, 0.3) is 0 Å². The number of primary amides is 1. The third kappa shape index (κ3) is 7.54. The molecule has 1 aliphatic heterocycles. The van der Waals surface area contributed by atoms with Crippen LogP contribution >= 0.6 is 0 Å². The van der Waals surface area contributed by atoms with Crippen LogP contribution in [0.5, 0.6) is 0 Å². The van der Waals surface area contributed by atoms with Crippen molar-refractivity contribution in [3.05, 3.63) is 30.4 Å². The molecule has 2 amide bonds. The number of rotatable bonds is 13. The SMILES string of the molecule is NC(=O)NCCCCCCNc1nc(Nc2ccc(CN3CCNCC3)nc2)c2ncn(C3CCCC3)c2n1. The molecule has 0 bridgehead atoms. The van der Waals surface area contributed by atoms with Crippen LogP contribution in [-0.4, -0.2) is 74.7 Å². The fraction of sp³-hybridized carbons (Fsp3) is 0.593. The smallest absolute Gasteiger partial charge is 0.312 e. The molecule has 5 rings (SSSR count). The molecule has 2 aliphatic rings. The highest BCUT2D eigenvalue weighted by Gasteiger charge is 2.22. The van der Waals surface area contributed by atoms with Crippen molar-refractivity contribution in [3.63, 3.8) is 0 Å². The van der Waals surface area contributed by atoms with Crippen molar-refractivity contribution in [2.45, 2.75) is 64.0 Å². The molecule has 0 aromatic carbocycles. The van der Waals surface area contributed by atoms with E-state index in [0.717, 1.165) is 100 Å². The number of nitrogens with two attached hydrogens (primary N) is 1. The number of amides is 2. The average Bonchev–Trinajstić information content (AvgIpc) is 3.62. The Morgan fingerprint density at radius 2 is 1.82 bits per heavy atom. The van der Waals surface area contributed by atoms with Crippen LogP contribution in [0.15, 0.2) is 24.7 Å². The molecule has 0 radical (unpaired) electrons. The summed E-state index contributed by atoms with van der Waals surface area (Å²) in [5, 5.41) is 12.9. The maximum atomic E-state index is 10.8. The Labute approximate surface area is 229 Å². The molecule has 3 aromatic heterocycles. The van der Waals surface area contributed by atoms with Gasteiger partial charge in [-0.2, -0.15) is 9.97 Å². The maximum Gasteiger partial charge on any atom is 0.312 e. The third-order valence-corrected chi connectivity index (χ3v) is 7.51. The van der Waals surface area contributed by atoms with Crippen molar-refractivity contribution in [1.29, 1.82) is 0 Å². The second-order valence-corrected chi connectivity index (χ2v) is 10.5. The highest BCUT2D eigenvalue weighted by molar-refractivity contribution is 5.86. The van der Waals surface area contributed by atoms with Crippen LogP contribution < -0.4 is 27.0 Å². The normalized spacial score (nSPS) is 16.5. The monoisotopic (exact) mass is 535 g/mol. The minimum atomic E-state index is -0.465. The fourth-order valence-corrected chi connectivity index (χ4v) is 5.37. The topological polar surface area (TPSA) is 151 Å². The zero-order valence-electron chi connectivity index (χ0n) is 22.7. The number of nitrogens with zero attached hydrogens (tertiary/aromatic N) is 6. The van der Waals surface area contributed by atoms with Crippen LogP contribution in [-0.2, 0) is 6.54 Å². The van der Waals surface area contributed by atoms with E-state index in [9.17, 15) is 4.79 Å². The molecular formula is C27H41N11O. The third-order valence-electron chi connectivity index (χ3n) is 7.51. The summed E-state index contributed by atoms with van der Waals surface area (Å²) in [5.74, 6) is 1.29. The molecular weight excluding hydrogens is 494 g/mol. The van der Waals surface area contributed by atoms with Gasteiger partial charge in [-0.15, -0.1) is 0 Å². The lowest BCUT2D eigenvalue weighted by atomic mass is 10.2. The number of aromatic nitrogens is 5. The Balaban J connectivity index is 1.25. The second-order valence-electron chi connectivity index (χ2n) is 10.5. The molecule has 210 valence electrons. The van der Waals surface area contributed by atoms with Gasteiger partial charge >= 0.3 is 6.03 Å². The Morgan fingerprint density at radius 1 is 1.03 bits per heavy atom. The van der Waals surface area contributed by atoms with Gasteiger partial charge in [0.1, 0.15) is 0 Å². The van der Waals surface area contributed by atoms with Gasteiger partial charge in [0.05, 0.1) is 23.9 Å². The first-order valence-corrected chi connectivity index (χ1v) is 14.3. The Morgan fingerprint density at radius 3 is 2.56 bits per heavy atom. The number of piperazine rings is 1. The number of anilines is 3. The highest BCUT2D eigenvalue weighted by Crippen LogP contribution is 2.33. The molecule has 1 aliphatic carbocycles. The van der Waals surface area contributed by atoms with Crippen molar-refractivity contribution in [3.8, 4) is 0 Å². The zero-order chi connectivity index (χ0) is 26.9. The number of pyridine rings is 1. The second kappa shape index (κ2) is 13.5. The van der Waals surface area contributed by atoms with E-state index < -0.39 is 6.03 Å². The van der Waals surface area contributed by atoms with Gasteiger partial charge in [-0.25, -0.2) is 9.78 Å². The van der Waals surface area contributed by atoms with Crippen LogP contribution in [0.1, 0.15) is 63.1 Å². The van der Waals surface area contributed by atoms with Gasteiger partial charge < -0.3 is 31.6 Å². The summed E-state index contributed by atoms with van der Waals surface area (Å²) < 4.78 is 2.22. The average molecular weight is 536 g/mol. The summed E-state index contributed by atoms with van der Waals surface area (Å²) in [5.41, 5.74) is 8.69. The number of hydrogen-bond donors (Lipinski definition) is 5. The van der Waals surface area contributed by atoms with Crippen LogP contribution in [0, 0.1) is 0 Å². The lowest BCUT2D eigenvalue weighted by Gasteiger charge is -2.26. The van der Waals surface area contributed by atoms with Crippen molar-refractivity contribution >= 4 is 34.6 Å². The van der Waals surface area contributed by atoms with Gasteiger partial charge in [0.15, 0.2) is 17.0 Å². The maximum absolute atomic E-state index is 10.8. The molecule has 39 heavy (non-hydrogen) atoms. The summed E-state index contributed by atoms with van der Waals surface area (Å²) in [6.45, 7) is 6.41. The van der Waals surface area contributed by atoms with E-state index in [1.54, 1.807) is 0 Å². The molecule has 4 heterocycles. The van der Waals surface area contributed by atoms with E-state index in [1.807, 2.05) is 12.5 Å². The fourth-order valence-electron chi connectivity index (χ4n) is 5.37. The van der Waals surface area contributed by atoms with E-state index in [4.69, 9.17) is 25.7 Å². The number of hydrogen-bond acceptors (Lipinski definition) is 9. The number of carbonyl (C=O) groups is 1. The minimum Gasteiger partial charge on any atom is -0.354 e. The number of carbonyl (C=O) groups excluding carboxylic acids is 1. The first kappa shape index (κ1) is 27.1. The van der Waals surface area contributed by atoms with Crippen molar-refractivity contribution in [1.82, 2.24) is 40.0 Å². The van der Waals surface area contributed by atoms with Crippen molar-refractivity contribution in [2.75, 3.05) is 49.9 Å². The van der Waals surface area contributed by atoms with Gasteiger partial charge in [-0.3, -0.25) is 9.88 Å². The van der Waals surface area contributed by atoms with E-state index in [0.29, 0.717) is 24.4 Å². The van der Waals surface area contributed by atoms with Crippen molar-refractivity contribution < 1.29 is 4.79 Å². The highest BCUT2D eigenvalue weighted by atomic mass is 16.2. The zero-order valence-corrected chi connectivity index (χ0v) is 22.7. The predicted octanol–water partition coefficient (Wildman–Crippen LogP) is 3.13. The lowest BCUT2D eigenvalue weighted by Crippen LogP contribution is -2.43. The van der Waals surface area contributed by atoms with Crippen LogP contribution in [0.25, 0.3) is 11.2 Å². The Kier molecular flexibility index (Phi) is 9.38. The van der Waals surface area contributed by atoms with E-state index in [2.05, 4.69) is 42.9 Å². The largest absolute Gasteiger partial charge is 0.354 e. The number of nitrogens with one attached hydrogen (secondary N) is 4. The van der Waals surface area contributed by atoms with Gasteiger partial charge in [0, 0.05) is 51.9 Å². The number of unbranched alkanes of at least 4 members (excludes halogenated alkanes) is 3. The molecule has 1 saturated heterocycles. The van der Waals surface area contributed by atoms with E-state index >= 15 is 0 Å². The standard InChI is InChI=1S/C27H41N11O/c28-26(39)30-11-5-1-2-6-12-31-27-35-24(23-25(36-27)38(19-33-23)22-7-3-4-8-22)34-20-9-10-21(32-17-20)18-37-15-13-29-14-16-37/h9-10,17,19,22,29H,1-8,11-16,18H2,(H3,28,30,39)(H2,31,34,35,36). The molecule has 6 N–H and O–H groups in total. The number of urea groups is 1. The van der Waals surface area contributed by atoms with Gasteiger partial charge in [0.2, 0.25) is 5.95 Å². The van der Waals surface area contributed by atoms with Crippen molar-refractivity contribution in [2.24, 2.45) is 5.73 Å². The van der Waals surface area contributed by atoms with Crippen LogP contribution in [0.4, 0.5) is 22.2 Å². The summed E-state index contributed by atoms with van der Waals surface area (Å²) in [7, 11) is 0. The molecule has 0 spiro atoms. The molecule has 0 unspecified atom stereocenters. The number of fused-ring (bicyclic) bond motifs is 1. The van der Waals surface area contributed by atoms with Crippen LogP contribution in [0.3, 0.4) is 0 Å². The summed E-state index contributed by atoms with van der Waals surface area (Å²) in [4.78, 5) is 32.3. The van der Waals surface area contributed by atoms with E-state index in [-0.39, 0.29) is 0 Å². The molecule has 1 saturated carbocycles. The molecule has 0 atom stereocenters. The molecule has 2 fully saturated rings. The summed E-state index contributed by atoms with van der Waals surface area (Å²) >= 11 is 0. The quantitative estimate of drug-likeness (QED) is 0.208. The summed E-state index contributed by atoms with van der Waals surface area (Å²) in [6, 6.07) is 4.11. The predicted molar refractivity (Wildman–Crippen MR) is 153 cm³/mol. The summed E-state index contributed by atoms with van der Waals surface area (Å²) in [6.07, 6.45) is 12.6. The van der Waals surface area contributed by atoms with Crippen LogP contribution in [0.2, 0.25) is 0 Å². The van der Waals surface area contributed by atoms with Gasteiger partial charge in [-0.05, 0) is 37.8 Å². The molecule has 12 heteroatoms. The van der Waals surface area contributed by atoms with E-state index in [1.165, 1.54) is 12.8 Å². The Bertz CT molecular complexity index is 1200.